The van der Waals surface area contributed by atoms with Crippen LogP contribution >= 0.6 is 0 Å². The number of benzene rings is 6. The van der Waals surface area contributed by atoms with Crippen molar-refractivity contribution in [1.82, 2.24) is 0 Å². The van der Waals surface area contributed by atoms with Crippen molar-refractivity contribution in [1.29, 1.82) is 0 Å². The van der Waals surface area contributed by atoms with E-state index in [1.54, 1.807) is 12.1 Å². The normalized spacial score (nSPS) is 11.5. The summed E-state index contributed by atoms with van der Waals surface area (Å²) >= 11 is 0. The summed E-state index contributed by atoms with van der Waals surface area (Å²) in [6, 6.07) is 26.1. The molecular weight excluding hydrogens is 430 g/mol. The molecular formula is C30H16F2O2. The van der Waals surface area contributed by atoms with E-state index < -0.39 is 11.6 Å². The Morgan fingerprint density at radius 1 is 0.441 bits per heavy atom. The third-order valence-corrected chi connectivity index (χ3v) is 6.37. The summed E-state index contributed by atoms with van der Waals surface area (Å²) < 4.78 is 26.7. The molecule has 0 heterocycles. The average molecular weight is 446 g/mol. The van der Waals surface area contributed by atoms with Gasteiger partial charge in [0.05, 0.1) is 0 Å². The van der Waals surface area contributed by atoms with Gasteiger partial charge in [-0.1, -0.05) is 36.4 Å². The summed E-state index contributed by atoms with van der Waals surface area (Å²) in [6.45, 7) is 0. The Bertz CT molecular complexity index is 1600. The average Bonchev–Trinajstić information content (AvgIpc) is 2.87. The zero-order chi connectivity index (χ0) is 23.4. The van der Waals surface area contributed by atoms with Crippen molar-refractivity contribution in [3.05, 3.63) is 131 Å². The van der Waals surface area contributed by atoms with Gasteiger partial charge in [0.25, 0.3) is 0 Å². The lowest BCUT2D eigenvalue weighted by Crippen LogP contribution is -2.04. The van der Waals surface area contributed by atoms with Gasteiger partial charge in [-0.3, -0.25) is 9.59 Å². The molecule has 0 atom stereocenters. The molecule has 0 amide bonds. The molecule has 2 nitrogen and oxygen atoms in total. The molecule has 0 unspecified atom stereocenters. The number of halogens is 2. The standard InChI is InChI=1S/C30H16F2O2/c31-21-9-3-19(4-10-21)29(33)25-13-7-17-1-2-18-8-14-26(24-16-15-23(25)27(17)28(18)24)30(34)20-5-11-22(32)12-6-20/h1-16H. The Morgan fingerprint density at radius 3 is 1.18 bits per heavy atom. The van der Waals surface area contributed by atoms with E-state index in [0.717, 1.165) is 32.3 Å². The molecule has 0 aromatic heterocycles. The van der Waals surface area contributed by atoms with Gasteiger partial charge in [0.2, 0.25) is 0 Å². The molecule has 4 heteroatoms. The lowest BCUT2D eigenvalue weighted by Gasteiger charge is -2.15. The van der Waals surface area contributed by atoms with Gasteiger partial charge in [-0.2, -0.15) is 0 Å². The first-order valence-electron chi connectivity index (χ1n) is 10.8. The first kappa shape index (κ1) is 20.2. The Kier molecular flexibility index (Phi) is 4.49. The Labute approximate surface area is 193 Å². The van der Waals surface area contributed by atoms with Crippen molar-refractivity contribution in [2.45, 2.75) is 0 Å². The van der Waals surface area contributed by atoms with Crippen molar-refractivity contribution in [3.63, 3.8) is 0 Å². The minimum atomic E-state index is -0.398. The smallest absolute Gasteiger partial charge is 0.193 e. The molecule has 0 saturated carbocycles. The fraction of sp³-hybridized carbons (Fsp3) is 0. The van der Waals surface area contributed by atoms with Crippen molar-refractivity contribution < 1.29 is 18.4 Å². The highest BCUT2D eigenvalue weighted by Crippen LogP contribution is 2.38. The molecule has 0 aliphatic heterocycles. The van der Waals surface area contributed by atoms with Crippen LogP contribution in [0.2, 0.25) is 0 Å². The predicted octanol–water partition coefficient (Wildman–Crippen LogP) is 7.32. The predicted molar refractivity (Wildman–Crippen MR) is 130 cm³/mol. The molecule has 0 radical (unpaired) electrons. The number of ketones is 2. The van der Waals surface area contributed by atoms with Crippen molar-refractivity contribution in [2.75, 3.05) is 0 Å². The zero-order valence-electron chi connectivity index (χ0n) is 17.8. The second kappa shape index (κ2) is 7.56. The highest BCUT2D eigenvalue weighted by molar-refractivity contribution is 6.31. The Morgan fingerprint density at radius 2 is 0.794 bits per heavy atom. The van der Waals surface area contributed by atoms with Crippen LogP contribution in [-0.2, 0) is 0 Å². The van der Waals surface area contributed by atoms with Gasteiger partial charge in [0.15, 0.2) is 11.6 Å². The molecule has 6 rings (SSSR count). The van der Waals surface area contributed by atoms with E-state index in [1.165, 1.54) is 48.5 Å². The van der Waals surface area contributed by atoms with Crippen molar-refractivity contribution in [2.24, 2.45) is 0 Å². The summed E-state index contributed by atoms with van der Waals surface area (Å²) in [7, 11) is 0. The molecule has 0 N–H and O–H groups in total. The van der Waals surface area contributed by atoms with Crippen LogP contribution in [0, 0.1) is 11.6 Å². The van der Waals surface area contributed by atoms with Crippen LogP contribution < -0.4 is 0 Å². The fourth-order valence-electron chi connectivity index (χ4n) is 4.71. The third kappa shape index (κ3) is 3.07. The highest BCUT2D eigenvalue weighted by atomic mass is 19.1. The maximum Gasteiger partial charge on any atom is 0.193 e. The van der Waals surface area contributed by atoms with Gasteiger partial charge >= 0.3 is 0 Å². The molecule has 0 fully saturated rings. The van der Waals surface area contributed by atoms with Gasteiger partial charge in [0, 0.05) is 22.3 Å². The number of carbonyl (C=O) groups excluding carboxylic acids is 2. The van der Waals surface area contributed by atoms with Crippen LogP contribution in [0.15, 0.2) is 97.1 Å². The molecule has 0 bridgehead atoms. The van der Waals surface area contributed by atoms with Crippen molar-refractivity contribution in [3.8, 4) is 0 Å². The molecule has 0 aliphatic rings. The van der Waals surface area contributed by atoms with Gasteiger partial charge in [-0.25, -0.2) is 8.78 Å². The molecule has 34 heavy (non-hydrogen) atoms. The molecule has 162 valence electrons. The number of hydrogen-bond donors (Lipinski definition) is 0. The number of rotatable bonds is 4. The van der Waals surface area contributed by atoms with Crippen molar-refractivity contribution >= 4 is 43.9 Å². The van der Waals surface area contributed by atoms with Gasteiger partial charge in [-0.15, -0.1) is 0 Å². The van der Waals surface area contributed by atoms with Gasteiger partial charge < -0.3 is 0 Å². The molecule has 6 aromatic carbocycles. The maximum atomic E-state index is 13.4. The lowest BCUT2D eigenvalue weighted by molar-refractivity contribution is 0.103. The summed E-state index contributed by atoms with van der Waals surface area (Å²) in [6.07, 6.45) is 0. The summed E-state index contributed by atoms with van der Waals surface area (Å²) in [5, 5.41) is 5.26. The van der Waals surface area contributed by atoms with E-state index in [1.807, 2.05) is 36.4 Å². The molecule has 0 saturated heterocycles. The summed E-state index contributed by atoms with van der Waals surface area (Å²) in [5.74, 6) is -1.18. The SMILES string of the molecule is O=C(c1ccc(F)cc1)c1ccc2ccc3ccc(C(=O)c4ccc(F)cc4)c4ccc1c2c34. The fourth-order valence-corrected chi connectivity index (χ4v) is 4.71. The summed E-state index contributed by atoms with van der Waals surface area (Å²) in [5.41, 5.74) is 1.85. The van der Waals surface area contributed by atoms with Crippen LogP contribution in [0.5, 0.6) is 0 Å². The van der Waals surface area contributed by atoms with Crippen LogP contribution in [0.3, 0.4) is 0 Å². The van der Waals surface area contributed by atoms with Crippen LogP contribution in [0.4, 0.5) is 8.78 Å². The monoisotopic (exact) mass is 446 g/mol. The Hall–Kier alpha value is -4.44. The second-order valence-electron chi connectivity index (χ2n) is 8.32. The molecule has 0 spiro atoms. The van der Waals surface area contributed by atoms with E-state index in [-0.39, 0.29) is 11.6 Å². The van der Waals surface area contributed by atoms with Gasteiger partial charge in [0.1, 0.15) is 11.6 Å². The van der Waals surface area contributed by atoms with Crippen LogP contribution in [-0.4, -0.2) is 11.6 Å². The first-order chi connectivity index (χ1) is 16.5. The number of hydrogen-bond acceptors (Lipinski definition) is 2. The largest absolute Gasteiger partial charge is 0.289 e. The third-order valence-electron chi connectivity index (χ3n) is 6.37. The topological polar surface area (TPSA) is 34.1 Å². The minimum absolute atomic E-state index is 0.194. The van der Waals surface area contributed by atoms with E-state index >= 15 is 0 Å². The minimum Gasteiger partial charge on any atom is -0.289 e. The lowest BCUT2D eigenvalue weighted by atomic mass is 9.87. The maximum absolute atomic E-state index is 13.4. The second-order valence-corrected chi connectivity index (χ2v) is 8.32. The van der Waals surface area contributed by atoms with E-state index in [4.69, 9.17) is 0 Å². The molecule has 0 aliphatic carbocycles. The van der Waals surface area contributed by atoms with E-state index in [0.29, 0.717) is 22.3 Å². The Balaban J connectivity index is 1.59. The molecule has 6 aromatic rings. The van der Waals surface area contributed by atoms with E-state index in [9.17, 15) is 18.4 Å². The van der Waals surface area contributed by atoms with Crippen LogP contribution in [0.25, 0.3) is 32.3 Å². The highest BCUT2D eigenvalue weighted by Gasteiger charge is 2.20. The zero-order valence-corrected chi connectivity index (χ0v) is 17.8. The van der Waals surface area contributed by atoms with E-state index in [2.05, 4.69) is 0 Å². The first-order valence-corrected chi connectivity index (χ1v) is 10.8. The quantitative estimate of drug-likeness (QED) is 0.210. The number of carbonyl (C=O) groups is 2. The summed E-state index contributed by atoms with van der Waals surface area (Å²) in [4.78, 5) is 26.6. The van der Waals surface area contributed by atoms with Crippen LogP contribution in [0.1, 0.15) is 31.8 Å². The van der Waals surface area contributed by atoms with Gasteiger partial charge in [-0.05, 0) is 93.0 Å².